The maximum absolute atomic E-state index is 5.81. The maximum atomic E-state index is 5.81. The predicted octanol–water partition coefficient (Wildman–Crippen LogP) is 2.01. The fourth-order valence-electron chi connectivity index (χ4n) is 1.94. The van der Waals surface area contributed by atoms with Crippen LogP contribution in [-0.4, -0.2) is 44.2 Å². The Morgan fingerprint density at radius 3 is 2.59 bits per heavy atom. The van der Waals surface area contributed by atoms with Gasteiger partial charge in [0.2, 0.25) is 0 Å². The zero-order valence-corrected chi connectivity index (χ0v) is 10.7. The Morgan fingerprint density at radius 2 is 1.88 bits per heavy atom. The van der Waals surface area contributed by atoms with E-state index in [1.807, 2.05) is 24.3 Å². The molecule has 0 saturated carbocycles. The average Bonchev–Trinajstić information content (AvgIpc) is 2.38. The molecule has 0 bridgehead atoms. The zero-order valence-electron chi connectivity index (χ0n) is 9.99. The third-order valence-corrected chi connectivity index (χ3v) is 3.16. The molecule has 0 aliphatic carbocycles. The minimum atomic E-state index is 0.748. The number of hydrogen-bond acceptors (Lipinski definition) is 3. The molecular weight excluding hydrogens is 236 g/mol. The van der Waals surface area contributed by atoms with Gasteiger partial charge in [-0.1, -0.05) is 11.6 Å². The smallest absolute Gasteiger partial charge is 0.119 e. The van der Waals surface area contributed by atoms with Gasteiger partial charge in [-0.3, -0.25) is 0 Å². The molecule has 1 aliphatic heterocycles. The van der Waals surface area contributed by atoms with E-state index in [-0.39, 0.29) is 0 Å². The molecule has 94 valence electrons. The summed E-state index contributed by atoms with van der Waals surface area (Å²) in [6, 6.07) is 7.53. The normalized spacial score (nSPS) is 17.0. The van der Waals surface area contributed by atoms with Gasteiger partial charge in [0.15, 0.2) is 0 Å². The van der Waals surface area contributed by atoms with Crippen molar-refractivity contribution >= 4 is 11.6 Å². The number of benzene rings is 1. The quantitative estimate of drug-likeness (QED) is 0.814. The molecule has 0 aromatic heterocycles. The van der Waals surface area contributed by atoms with Crippen LogP contribution in [0.15, 0.2) is 24.3 Å². The van der Waals surface area contributed by atoms with Gasteiger partial charge in [-0.05, 0) is 30.7 Å². The van der Waals surface area contributed by atoms with Crippen molar-refractivity contribution in [3.05, 3.63) is 29.3 Å². The molecule has 4 heteroatoms. The molecular formula is C13H19ClN2O. The van der Waals surface area contributed by atoms with Crippen LogP contribution in [-0.2, 0) is 0 Å². The van der Waals surface area contributed by atoms with E-state index in [2.05, 4.69) is 10.2 Å². The number of halogens is 1. The highest BCUT2D eigenvalue weighted by molar-refractivity contribution is 6.30. The molecule has 0 radical (unpaired) electrons. The third-order valence-electron chi connectivity index (χ3n) is 2.91. The maximum Gasteiger partial charge on any atom is 0.119 e. The molecule has 0 spiro atoms. The minimum absolute atomic E-state index is 0.748. The molecule has 1 N–H and O–H groups in total. The van der Waals surface area contributed by atoms with Crippen LogP contribution in [0.4, 0.5) is 0 Å². The van der Waals surface area contributed by atoms with Gasteiger partial charge in [0.05, 0.1) is 6.61 Å². The SMILES string of the molecule is Clc1ccc(OCCCN2CCNCC2)cc1. The number of nitrogens with one attached hydrogen (secondary N) is 1. The molecule has 0 atom stereocenters. The summed E-state index contributed by atoms with van der Waals surface area (Å²) in [6.07, 6.45) is 1.07. The highest BCUT2D eigenvalue weighted by atomic mass is 35.5. The van der Waals surface area contributed by atoms with Gasteiger partial charge < -0.3 is 15.0 Å². The van der Waals surface area contributed by atoms with E-state index < -0.39 is 0 Å². The monoisotopic (exact) mass is 254 g/mol. The fraction of sp³-hybridized carbons (Fsp3) is 0.538. The van der Waals surface area contributed by atoms with E-state index in [4.69, 9.17) is 16.3 Å². The Hall–Kier alpha value is -0.770. The standard InChI is InChI=1S/C13H19ClN2O/c14-12-2-4-13(5-3-12)17-11-1-8-16-9-6-15-7-10-16/h2-5,15H,1,6-11H2. The van der Waals surface area contributed by atoms with Crippen LogP contribution in [0.5, 0.6) is 5.75 Å². The van der Waals surface area contributed by atoms with Gasteiger partial charge in [-0.2, -0.15) is 0 Å². The Bertz CT molecular complexity index is 323. The van der Waals surface area contributed by atoms with Crippen LogP contribution in [0.2, 0.25) is 5.02 Å². The first-order chi connectivity index (χ1) is 8.34. The van der Waals surface area contributed by atoms with Crippen molar-refractivity contribution in [1.82, 2.24) is 10.2 Å². The van der Waals surface area contributed by atoms with Crippen molar-refractivity contribution < 1.29 is 4.74 Å². The molecule has 1 aromatic rings. The highest BCUT2D eigenvalue weighted by Crippen LogP contribution is 2.15. The van der Waals surface area contributed by atoms with Crippen LogP contribution < -0.4 is 10.1 Å². The number of piperazine rings is 1. The first-order valence-electron chi connectivity index (χ1n) is 6.16. The average molecular weight is 255 g/mol. The van der Waals surface area contributed by atoms with E-state index in [0.29, 0.717) is 0 Å². The van der Waals surface area contributed by atoms with Gasteiger partial charge in [-0.25, -0.2) is 0 Å². The van der Waals surface area contributed by atoms with Crippen LogP contribution in [0.25, 0.3) is 0 Å². The van der Waals surface area contributed by atoms with E-state index >= 15 is 0 Å². The summed E-state index contributed by atoms with van der Waals surface area (Å²) in [7, 11) is 0. The fourth-order valence-corrected chi connectivity index (χ4v) is 2.07. The van der Waals surface area contributed by atoms with Crippen LogP contribution in [0.3, 0.4) is 0 Å². The number of rotatable bonds is 5. The highest BCUT2D eigenvalue weighted by Gasteiger charge is 2.08. The van der Waals surface area contributed by atoms with E-state index in [0.717, 1.165) is 56.5 Å². The van der Waals surface area contributed by atoms with Crippen molar-refractivity contribution in [2.75, 3.05) is 39.3 Å². The van der Waals surface area contributed by atoms with Gasteiger partial charge >= 0.3 is 0 Å². The molecule has 0 unspecified atom stereocenters. The summed E-state index contributed by atoms with van der Waals surface area (Å²) in [6.45, 7) is 6.42. The van der Waals surface area contributed by atoms with Crippen molar-refractivity contribution in [3.63, 3.8) is 0 Å². The molecule has 1 heterocycles. The van der Waals surface area contributed by atoms with E-state index in [9.17, 15) is 0 Å². The molecule has 1 aliphatic rings. The Morgan fingerprint density at radius 1 is 1.18 bits per heavy atom. The molecule has 1 fully saturated rings. The third kappa shape index (κ3) is 4.54. The molecule has 0 amide bonds. The second kappa shape index (κ2) is 6.84. The Balaban J connectivity index is 1.60. The van der Waals surface area contributed by atoms with Crippen LogP contribution in [0.1, 0.15) is 6.42 Å². The summed E-state index contributed by atoms with van der Waals surface area (Å²) in [5.74, 6) is 0.898. The van der Waals surface area contributed by atoms with Crippen LogP contribution in [0, 0.1) is 0 Å². The number of ether oxygens (including phenoxy) is 1. The minimum Gasteiger partial charge on any atom is -0.494 e. The first-order valence-corrected chi connectivity index (χ1v) is 6.54. The van der Waals surface area contributed by atoms with Gasteiger partial charge in [0, 0.05) is 37.7 Å². The van der Waals surface area contributed by atoms with Crippen molar-refractivity contribution in [3.8, 4) is 5.75 Å². The molecule has 1 aromatic carbocycles. The number of nitrogens with zero attached hydrogens (tertiary/aromatic N) is 1. The lowest BCUT2D eigenvalue weighted by Crippen LogP contribution is -2.43. The number of hydrogen-bond donors (Lipinski definition) is 1. The summed E-state index contributed by atoms with van der Waals surface area (Å²) in [5.41, 5.74) is 0. The molecule has 17 heavy (non-hydrogen) atoms. The summed E-state index contributed by atoms with van der Waals surface area (Å²) in [4.78, 5) is 2.47. The second-order valence-electron chi connectivity index (χ2n) is 4.25. The van der Waals surface area contributed by atoms with Gasteiger partial charge in [0.1, 0.15) is 5.75 Å². The summed E-state index contributed by atoms with van der Waals surface area (Å²) in [5, 5.41) is 4.10. The molecule has 1 saturated heterocycles. The first kappa shape index (κ1) is 12.7. The summed E-state index contributed by atoms with van der Waals surface area (Å²) >= 11 is 5.81. The Labute approximate surface area is 108 Å². The predicted molar refractivity (Wildman–Crippen MR) is 70.9 cm³/mol. The Kier molecular flexibility index (Phi) is 5.10. The second-order valence-corrected chi connectivity index (χ2v) is 4.68. The molecule has 3 nitrogen and oxygen atoms in total. The van der Waals surface area contributed by atoms with Crippen molar-refractivity contribution in [2.45, 2.75) is 6.42 Å². The molecule has 2 rings (SSSR count). The lowest BCUT2D eigenvalue weighted by atomic mass is 10.3. The van der Waals surface area contributed by atoms with Gasteiger partial charge in [-0.15, -0.1) is 0 Å². The summed E-state index contributed by atoms with van der Waals surface area (Å²) < 4.78 is 5.65. The topological polar surface area (TPSA) is 24.5 Å². The van der Waals surface area contributed by atoms with Gasteiger partial charge in [0.25, 0.3) is 0 Å². The largest absolute Gasteiger partial charge is 0.494 e. The lowest BCUT2D eigenvalue weighted by Gasteiger charge is -2.26. The zero-order chi connectivity index (χ0) is 11.9. The van der Waals surface area contributed by atoms with E-state index in [1.165, 1.54) is 0 Å². The van der Waals surface area contributed by atoms with Crippen LogP contribution >= 0.6 is 11.6 Å². The van der Waals surface area contributed by atoms with Crippen molar-refractivity contribution in [2.24, 2.45) is 0 Å². The lowest BCUT2D eigenvalue weighted by molar-refractivity contribution is 0.214. The van der Waals surface area contributed by atoms with Crippen molar-refractivity contribution in [1.29, 1.82) is 0 Å². The van der Waals surface area contributed by atoms with E-state index in [1.54, 1.807) is 0 Å².